The highest BCUT2D eigenvalue weighted by molar-refractivity contribution is 6.32. The van der Waals surface area contributed by atoms with Crippen molar-refractivity contribution >= 4 is 39.9 Å². The molecule has 1 fully saturated rings. The molecular weight excluding hydrogens is 478 g/mol. The first-order valence-corrected chi connectivity index (χ1v) is 12.2. The molecule has 36 heavy (non-hydrogen) atoms. The number of halogens is 1. The summed E-state index contributed by atoms with van der Waals surface area (Å²) in [5, 5.41) is 14.5. The Balaban J connectivity index is 1.18. The summed E-state index contributed by atoms with van der Waals surface area (Å²) in [6.45, 7) is 0.337. The monoisotopic (exact) mass is 501 g/mol. The molecule has 0 bridgehead atoms. The van der Waals surface area contributed by atoms with Gasteiger partial charge in [0.1, 0.15) is 30.6 Å². The zero-order chi connectivity index (χ0) is 24.5. The van der Waals surface area contributed by atoms with Crippen LogP contribution in [-0.4, -0.2) is 44.2 Å². The first-order chi connectivity index (χ1) is 17.6. The molecule has 4 aromatic rings. The molecule has 2 aliphatic rings. The average molecular weight is 502 g/mol. The largest absolute Gasteiger partial charge is 0.486 e. The van der Waals surface area contributed by atoms with Crippen LogP contribution in [0.15, 0.2) is 72.1 Å². The van der Waals surface area contributed by atoms with Crippen LogP contribution in [0.5, 0.6) is 5.75 Å². The van der Waals surface area contributed by atoms with Crippen molar-refractivity contribution in [1.82, 2.24) is 15.0 Å². The number of anilines is 2. The van der Waals surface area contributed by atoms with Crippen LogP contribution in [0.4, 0.5) is 11.5 Å². The summed E-state index contributed by atoms with van der Waals surface area (Å²) in [5.41, 5.74) is 3.49. The van der Waals surface area contributed by atoms with Crippen LogP contribution in [0, 0.1) is 0 Å². The number of nitrogens with one attached hydrogen (secondary N) is 1. The van der Waals surface area contributed by atoms with Gasteiger partial charge in [-0.1, -0.05) is 23.7 Å². The molecule has 0 saturated heterocycles. The predicted molar refractivity (Wildman–Crippen MR) is 138 cm³/mol. The summed E-state index contributed by atoms with van der Waals surface area (Å²) in [6, 6.07) is 17.3. The molecule has 2 aromatic carbocycles. The lowest BCUT2D eigenvalue weighted by atomic mass is 10.1. The van der Waals surface area contributed by atoms with Crippen molar-refractivity contribution in [3.63, 3.8) is 0 Å². The van der Waals surface area contributed by atoms with E-state index in [0.717, 1.165) is 33.7 Å². The smallest absolute Gasteiger partial charge is 0.188 e. The van der Waals surface area contributed by atoms with Crippen molar-refractivity contribution in [1.29, 1.82) is 0 Å². The number of fused-ring (bicyclic) bond motifs is 2. The molecular formula is C27H24ClN5O3. The number of aliphatic imine (C=N–C) groups is 1. The zero-order valence-electron chi connectivity index (χ0n) is 19.3. The van der Waals surface area contributed by atoms with Gasteiger partial charge >= 0.3 is 0 Å². The van der Waals surface area contributed by atoms with Crippen molar-refractivity contribution < 1.29 is 14.6 Å². The number of nitrogens with zero attached hydrogens (tertiary/aromatic N) is 4. The highest BCUT2D eigenvalue weighted by Crippen LogP contribution is 2.33. The molecule has 1 aliphatic carbocycles. The number of hydrogen-bond acceptors (Lipinski definition) is 8. The second kappa shape index (κ2) is 9.72. The number of pyridine rings is 1. The van der Waals surface area contributed by atoms with Gasteiger partial charge in [-0.05, 0) is 54.4 Å². The molecule has 3 heterocycles. The molecule has 3 atom stereocenters. The van der Waals surface area contributed by atoms with Crippen LogP contribution in [-0.2, 0) is 17.8 Å². The van der Waals surface area contributed by atoms with Crippen LogP contribution in [0.25, 0.3) is 10.9 Å². The average Bonchev–Trinajstić information content (AvgIpc) is 3.41. The predicted octanol–water partition coefficient (Wildman–Crippen LogP) is 4.86. The molecule has 0 spiro atoms. The summed E-state index contributed by atoms with van der Waals surface area (Å²) in [5.74, 6) is 1.97. The summed E-state index contributed by atoms with van der Waals surface area (Å²) in [7, 11) is 0. The van der Waals surface area contributed by atoms with Gasteiger partial charge in [-0.2, -0.15) is 0 Å². The third-order valence-electron chi connectivity index (χ3n) is 6.40. The van der Waals surface area contributed by atoms with E-state index in [1.807, 2.05) is 42.5 Å². The highest BCUT2D eigenvalue weighted by atomic mass is 35.5. The molecule has 6 rings (SSSR count). The van der Waals surface area contributed by atoms with Gasteiger partial charge in [0.15, 0.2) is 5.90 Å². The molecule has 1 aliphatic heterocycles. The third kappa shape index (κ3) is 4.82. The van der Waals surface area contributed by atoms with Gasteiger partial charge in [0.2, 0.25) is 0 Å². The number of aliphatic hydroxyl groups excluding tert-OH is 1. The second-order valence-electron chi connectivity index (χ2n) is 9.00. The van der Waals surface area contributed by atoms with Crippen LogP contribution < -0.4 is 10.1 Å². The quantitative estimate of drug-likeness (QED) is 0.372. The van der Waals surface area contributed by atoms with E-state index in [0.29, 0.717) is 42.5 Å². The Bertz CT molecular complexity index is 1430. The Labute approximate surface area is 213 Å². The lowest BCUT2D eigenvalue weighted by Crippen LogP contribution is -2.16. The Morgan fingerprint density at radius 1 is 1.06 bits per heavy atom. The first kappa shape index (κ1) is 22.7. The van der Waals surface area contributed by atoms with Crippen LogP contribution in [0.3, 0.4) is 0 Å². The van der Waals surface area contributed by atoms with E-state index in [1.165, 1.54) is 6.33 Å². The van der Waals surface area contributed by atoms with E-state index >= 15 is 0 Å². The normalized spacial score (nSPS) is 20.6. The van der Waals surface area contributed by atoms with Crippen molar-refractivity contribution in [2.45, 2.75) is 44.1 Å². The molecule has 2 aromatic heterocycles. The maximum atomic E-state index is 9.80. The van der Waals surface area contributed by atoms with Crippen LogP contribution in [0.1, 0.15) is 24.1 Å². The van der Waals surface area contributed by atoms with Crippen molar-refractivity contribution in [3.05, 3.63) is 83.4 Å². The standard InChI is InChI=1S/C27H24ClN5O3/c28-21-11-17(5-7-24(21)35-14-18-3-1-2-8-29-18)32-27-20-9-16(4-6-22(20)30-15-31-27)10-26-33-23-12-19(34)13-25(23)36-26/h1-9,11,15,19,23,25,34H,10,12-14H2,(H,30,31,32)/t19-,23-,25+/m1/s1. The summed E-state index contributed by atoms with van der Waals surface area (Å²) >= 11 is 6.49. The van der Waals surface area contributed by atoms with Gasteiger partial charge in [0.05, 0.1) is 28.4 Å². The van der Waals surface area contributed by atoms with Gasteiger partial charge in [-0.25, -0.2) is 15.0 Å². The molecule has 1 saturated carbocycles. The Morgan fingerprint density at radius 3 is 2.83 bits per heavy atom. The van der Waals surface area contributed by atoms with E-state index in [2.05, 4.69) is 31.3 Å². The van der Waals surface area contributed by atoms with Crippen molar-refractivity contribution in [3.8, 4) is 5.75 Å². The van der Waals surface area contributed by atoms with E-state index in [-0.39, 0.29) is 18.2 Å². The Hall–Kier alpha value is -3.75. The molecule has 2 N–H and O–H groups in total. The summed E-state index contributed by atoms with van der Waals surface area (Å²) in [4.78, 5) is 17.8. The molecule has 9 heteroatoms. The van der Waals surface area contributed by atoms with E-state index in [9.17, 15) is 5.11 Å². The van der Waals surface area contributed by atoms with E-state index in [4.69, 9.17) is 21.1 Å². The first-order valence-electron chi connectivity index (χ1n) is 11.8. The van der Waals surface area contributed by atoms with Gasteiger partial charge < -0.3 is 19.9 Å². The highest BCUT2D eigenvalue weighted by Gasteiger charge is 2.39. The number of rotatable bonds is 7. The number of aromatic nitrogens is 3. The number of ether oxygens (including phenoxy) is 2. The van der Waals surface area contributed by atoms with Crippen LogP contribution >= 0.6 is 11.6 Å². The minimum atomic E-state index is -0.313. The van der Waals surface area contributed by atoms with Crippen molar-refractivity contribution in [2.75, 3.05) is 5.32 Å². The van der Waals surface area contributed by atoms with Gasteiger partial charge in [-0.3, -0.25) is 4.98 Å². The lowest BCUT2D eigenvalue weighted by Gasteiger charge is -2.13. The second-order valence-corrected chi connectivity index (χ2v) is 9.41. The number of hydrogen-bond donors (Lipinski definition) is 2. The topological polar surface area (TPSA) is 102 Å². The molecule has 8 nitrogen and oxygen atoms in total. The summed E-state index contributed by atoms with van der Waals surface area (Å²) < 4.78 is 11.8. The fourth-order valence-electron chi connectivity index (χ4n) is 4.65. The van der Waals surface area contributed by atoms with E-state index in [1.54, 1.807) is 12.3 Å². The van der Waals surface area contributed by atoms with Crippen LogP contribution in [0.2, 0.25) is 5.02 Å². The molecule has 0 unspecified atom stereocenters. The zero-order valence-corrected chi connectivity index (χ0v) is 20.1. The third-order valence-corrected chi connectivity index (χ3v) is 6.69. The van der Waals surface area contributed by atoms with Gasteiger partial charge in [-0.15, -0.1) is 0 Å². The SMILES string of the molecule is O[C@H]1C[C@@H]2OC(Cc3ccc4ncnc(Nc5ccc(OCc6ccccn6)c(Cl)c5)c4c3)=N[C@@H]2C1. The molecule has 0 amide bonds. The summed E-state index contributed by atoms with van der Waals surface area (Å²) in [6.07, 6.45) is 4.85. The molecule has 182 valence electrons. The maximum Gasteiger partial charge on any atom is 0.188 e. The molecule has 0 radical (unpaired) electrons. The number of benzene rings is 2. The minimum Gasteiger partial charge on any atom is -0.486 e. The fourth-order valence-corrected chi connectivity index (χ4v) is 4.88. The Kier molecular flexibility index (Phi) is 6.13. The van der Waals surface area contributed by atoms with E-state index < -0.39 is 0 Å². The fraction of sp³-hybridized carbons (Fsp3) is 0.259. The number of aliphatic hydroxyl groups is 1. The van der Waals surface area contributed by atoms with Gasteiger partial charge in [0, 0.05) is 30.1 Å². The lowest BCUT2D eigenvalue weighted by molar-refractivity contribution is 0.147. The minimum absolute atomic E-state index is 0.00308. The Morgan fingerprint density at radius 2 is 2.00 bits per heavy atom. The van der Waals surface area contributed by atoms with Crippen molar-refractivity contribution in [2.24, 2.45) is 4.99 Å². The van der Waals surface area contributed by atoms with Gasteiger partial charge in [0.25, 0.3) is 0 Å². The maximum absolute atomic E-state index is 9.80.